The van der Waals surface area contributed by atoms with Crippen LogP contribution in [0.5, 0.6) is 17.2 Å². The molecule has 43 heavy (non-hydrogen) atoms. The van der Waals surface area contributed by atoms with Gasteiger partial charge in [-0.25, -0.2) is 9.97 Å². The minimum atomic E-state index is -0.294. The molecule has 0 spiro atoms. The number of aliphatic hydroxyl groups excluding tert-OH is 1. The van der Waals surface area contributed by atoms with Crippen LogP contribution in [0.3, 0.4) is 0 Å². The average Bonchev–Trinajstić information content (AvgIpc) is 3.53. The van der Waals surface area contributed by atoms with E-state index in [2.05, 4.69) is 15.5 Å². The molecule has 2 aromatic carbocycles. The number of hydrogen-bond donors (Lipinski definition) is 3. The molecule has 11 heteroatoms. The smallest absolute Gasteiger partial charge is 0.255 e. The number of aromatic nitrogens is 4. The van der Waals surface area contributed by atoms with Crippen molar-refractivity contribution in [3.05, 3.63) is 47.1 Å². The zero-order valence-corrected chi connectivity index (χ0v) is 24.5. The van der Waals surface area contributed by atoms with Crippen LogP contribution >= 0.6 is 0 Å². The van der Waals surface area contributed by atoms with Gasteiger partial charge in [-0.05, 0) is 70.7 Å². The maximum atomic E-state index is 13.4. The predicted octanol–water partition coefficient (Wildman–Crippen LogP) is 5.17. The summed E-state index contributed by atoms with van der Waals surface area (Å²) in [5, 5.41) is 18.8. The fourth-order valence-corrected chi connectivity index (χ4v) is 6.35. The highest BCUT2D eigenvalue weighted by atomic mass is 16.6. The van der Waals surface area contributed by atoms with E-state index < -0.39 is 0 Å². The van der Waals surface area contributed by atoms with Gasteiger partial charge in [0.2, 0.25) is 0 Å². The van der Waals surface area contributed by atoms with Crippen LogP contribution in [-0.2, 0) is 0 Å². The number of methoxy groups -OCH3 is 1. The van der Waals surface area contributed by atoms with E-state index in [0.717, 1.165) is 46.0 Å². The van der Waals surface area contributed by atoms with E-state index in [1.165, 1.54) is 0 Å². The largest absolute Gasteiger partial charge is 0.496 e. The van der Waals surface area contributed by atoms with Gasteiger partial charge in [0.25, 0.3) is 5.91 Å². The summed E-state index contributed by atoms with van der Waals surface area (Å²) in [5.74, 6) is 2.61. The van der Waals surface area contributed by atoms with Crippen LogP contribution in [0.2, 0.25) is 0 Å². The van der Waals surface area contributed by atoms with Crippen LogP contribution in [0.15, 0.2) is 28.8 Å². The zero-order valence-electron chi connectivity index (χ0n) is 24.5. The fourth-order valence-electron chi connectivity index (χ4n) is 6.35. The molecule has 3 aromatic heterocycles. The highest BCUT2D eigenvalue weighted by Gasteiger charge is 2.29. The number of aliphatic hydroxyl groups is 1. The van der Waals surface area contributed by atoms with E-state index >= 15 is 0 Å². The number of nitrogens with zero attached hydrogens (tertiary/aromatic N) is 3. The number of nitrogens with one attached hydrogen (secondary N) is 2. The Morgan fingerprint density at radius 2 is 1.79 bits per heavy atom. The Labute approximate surface area is 247 Å². The number of aryl methyl sites for hydroxylation is 3. The molecule has 0 bridgehead atoms. The summed E-state index contributed by atoms with van der Waals surface area (Å²) in [6, 6.07) is 7.64. The molecule has 0 saturated heterocycles. The Hall–Kier alpha value is -4.64. The first-order valence-corrected chi connectivity index (χ1v) is 14.6. The van der Waals surface area contributed by atoms with Crippen molar-refractivity contribution in [1.82, 2.24) is 25.4 Å². The first-order chi connectivity index (χ1) is 20.8. The molecule has 3 N–H and O–H groups in total. The first-order valence-electron chi connectivity index (χ1n) is 14.6. The maximum absolute atomic E-state index is 13.4. The molecular formula is C32H33N5O6. The molecule has 7 rings (SSSR count). The molecule has 4 heterocycles. The van der Waals surface area contributed by atoms with Crippen molar-refractivity contribution in [2.24, 2.45) is 0 Å². The monoisotopic (exact) mass is 583 g/mol. The van der Waals surface area contributed by atoms with Gasteiger partial charge in [0.15, 0.2) is 11.5 Å². The standard InChI is InChI=1S/C32H33N5O6/c1-15-26(16(2)43-37-15)23-13-24-22(14-25(23)40-4)27-28(33-17(3)34-31(27)36-24)20-9-10-21(30-29(20)41-11-12-42-30)32(39)35-18-5-7-19(38)8-6-18/h9-10,13-14,18-19,38H,5-8,11-12H2,1-4H3,(H,35,39)(H,33,34,36). The first kappa shape index (κ1) is 27.2. The van der Waals surface area contributed by atoms with Gasteiger partial charge in [0.05, 0.1) is 41.1 Å². The maximum Gasteiger partial charge on any atom is 0.255 e. The van der Waals surface area contributed by atoms with Crippen LogP contribution in [0.1, 0.15) is 53.3 Å². The molecule has 1 saturated carbocycles. The lowest BCUT2D eigenvalue weighted by molar-refractivity contribution is 0.0858. The van der Waals surface area contributed by atoms with Gasteiger partial charge in [0.1, 0.15) is 36.2 Å². The number of aromatic amines is 1. The van der Waals surface area contributed by atoms with Crippen molar-refractivity contribution in [2.45, 2.75) is 58.6 Å². The van der Waals surface area contributed by atoms with Crippen LogP contribution in [0, 0.1) is 20.8 Å². The van der Waals surface area contributed by atoms with E-state index in [0.29, 0.717) is 77.4 Å². The minimum absolute atomic E-state index is 0.0105. The molecule has 1 amide bonds. The molecule has 1 aliphatic carbocycles. The summed E-state index contributed by atoms with van der Waals surface area (Å²) in [6.45, 7) is 6.31. The van der Waals surface area contributed by atoms with E-state index in [1.54, 1.807) is 13.2 Å². The van der Waals surface area contributed by atoms with Crippen molar-refractivity contribution in [2.75, 3.05) is 20.3 Å². The molecule has 2 aliphatic rings. The third-order valence-corrected chi connectivity index (χ3v) is 8.41. The second-order valence-corrected chi connectivity index (χ2v) is 11.3. The molecule has 5 aromatic rings. The predicted molar refractivity (Wildman–Crippen MR) is 160 cm³/mol. The van der Waals surface area contributed by atoms with Crippen LogP contribution in [0.4, 0.5) is 0 Å². The summed E-state index contributed by atoms with van der Waals surface area (Å²) < 4.78 is 23.5. The van der Waals surface area contributed by atoms with Gasteiger partial charge in [-0.2, -0.15) is 0 Å². The van der Waals surface area contributed by atoms with Crippen LogP contribution in [0.25, 0.3) is 44.3 Å². The van der Waals surface area contributed by atoms with Crippen molar-refractivity contribution in [3.63, 3.8) is 0 Å². The van der Waals surface area contributed by atoms with E-state index in [4.69, 9.17) is 28.7 Å². The number of rotatable bonds is 5. The topological polar surface area (TPSA) is 145 Å². The number of carbonyl (C=O) groups is 1. The highest BCUT2D eigenvalue weighted by Crippen LogP contribution is 2.46. The van der Waals surface area contributed by atoms with Gasteiger partial charge in [-0.3, -0.25) is 4.79 Å². The minimum Gasteiger partial charge on any atom is -0.496 e. The lowest BCUT2D eigenvalue weighted by Crippen LogP contribution is -2.39. The second-order valence-electron chi connectivity index (χ2n) is 11.3. The quantitative estimate of drug-likeness (QED) is 0.255. The normalized spacial score (nSPS) is 18.3. The number of hydrogen-bond acceptors (Lipinski definition) is 9. The summed E-state index contributed by atoms with van der Waals surface area (Å²) in [6.07, 6.45) is 2.55. The summed E-state index contributed by atoms with van der Waals surface area (Å²) in [7, 11) is 1.64. The Morgan fingerprint density at radius 1 is 1.02 bits per heavy atom. The molecule has 0 radical (unpaired) electrons. The Balaban J connectivity index is 1.37. The number of ether oxygens (including phenoxy) is 3. The van der Waals surface area contributed by atoms with Gasteiger partial charge in [0, 0.05) is 28.1 Å². The molecule has 222 valence electrons. The fraction of sp³-hybridized carbons (Fsp3) is 0.375. The van der Waals surface area contributed by atoms with Gasteiger partial charge in [-0.15, -0.1) is 0 Å². The lowest BCUT2D eigenvalue weighted by Gasteiger charge is -2.27. The summed E-state index contributed by atoms with van der Waals surface area (Å²) in [4.78, 5) is 26.5. The van der Waals surface area contributed by atoms with E-state index in [-0.39, 0.29) is 18.1 Å². The number of benzene rings is 2. The van der Waals surface area contributed by atoms with E-state index in [1.807, 2.05) is 39.0 Å². The molecule has 11 nitrogen and oxygen atoms in total. The van der Waals surface area contributed by atoms with E-state index in [9.17, 15) is 9.90 Å². The molecule has 0 atom stereocenters. The number of carbonyl (C=O) groups excluding carboxylic acids is 1. The Bertz CT molecular complexity index is 1870. The number of H-pyrrole nitrogens is 1. The molecule has 1 aliphatic heterocycles. The molecule has 1 fully saturated rings. The Kier molecular flexibility index (Phi) is 6.69. The van der Waals surface area contributed by atoms with Gasteiger partial charge in [-0.1, -0.05) is 5.16 Å². The number of fused-ring (bicyclic) bond motifs is 4. The summed E-state index contributed by atoms with van der Waals surface area (Å²) >= 11 is 0. The van der Waals surface area contributed by atoms with Crippen molar-refractivity contribution >= 4 is 27.8 Å². The van der Waals surface area contributed by atoms with Crippen molar-refractivity contribution < 1.29 is 28.6 Å². The molecule has 0 unspecified atom stereocenters. The Morgan fingerprint density at radius 3 is 2.51 bits per heavy atom. The SMILES string of the molecule is COc1cc2c(cc1-c1c(C)noc1C)[nH]c1nc(C)nc(-c3ccc(C(=O)NC4CCC(O)CC4)c4c3OCCO4)c12. The van der Waals surface area contributed by atoms with Crippen LogP contribution in [-0.4, -0.2) is 63.6 Å². The average molecular weight is 584 g/mol. The third kappa shape index (κ3) is 4.64. The van der Waals surface area contributed by atoms with Crippen LogP contribution < -0.4 is 19.5 Å². The second kappa shape index (κ2) is 10.6. The zero-order chi connectivity index (χ0) is 29.8. The lowest BCUT2D eigenvalue weighted by atomic mass is 9.93. The van der Waals surface area contributed by atoms with Crippen molar-refractivity contribution in [1.29, 1.82) is 0 Å². The highest BCUT2D eigenvalue weighted by molar-refractivity contribution is 6.14. The summed E-state index contributed by atoms with van der Waals surface area (Å²) in [5.41, 5.74) is 5.83. The van der Waals surface area contributed by atoms with Gasteiger partial charge >= 0.3 is 0 Å². The van der Waals surface area contributed by atoms with Gasteiger partial charge < -0.3 is 34.1 Å². The molecular weight excluding hydrogens is 550 g/mol. The van der Waals surface area contributed by atoms with Crippen molar-refractivity contribution in [3.8, 4) is 39.6 Å². The number of amides is 1. The third-order valence-electron chi connectivity index (χ3n) is 8.41.